The molecule has 156 valence electrons. The second kappa shape index (κ2) is 7.59. The van der Waals surface area contributed by atoms with Crippen molar-refractivity contribution in [3.63, 3.8) is 0 Å². The molecular weight excluding hydrogens is 418 g/mol. The highest BCUT2D eigenvalue weighted by molar-refractivity contribution is 7.89. The van der Waals surface area contributed by atoms with Gasteiger partial charge in [0.2, 0.25) is 10.0 Å². The van der Waals surface area contributed by atoms with E-state index >= 15 is 0 Å². The fourth-order valence-corrected chi connectivity index (χ4v) is 4.53. The average Bonchev–Trinajstić information content (AvgIpc) is 2.67. The molecule has 0 aromatic heterocycles. The van der Waals surface area contributed by atoms with Crippen LogP contribution in [0.1, 0.15) is 5.56 Å². The molecule has 12 heteroatoms. The largest absolute Gasteiger partial charge is 0.416 e. The van der Waals surface area contributed by atoms with Crippen LogP contribution in [0.5, 0.6) is 0 Å². The van der Waals surface area contributed by atoms with Gasteiger partial charge in [-0.1, -0.05) is 6.07 Å². The van der Waals surface area contributed by atoms with Gasteiger partial charge in [0, 0.05) is 26.2 Å². The summed E-state index contributed by atoms with van der Waals surface area (Å²) < 4.78 is 78.4. The number of rotatable bonds is 4. The van der Waals surface area contributed by atoms with E-state index in [0.717, 1.165) is 34.6 Å². The molecule has 0 saturated carbocycles. The fraction of sp³-hybridized carbons (Fsp3) is 0.294. The van der Waals surface area contributed by atoms with E-state index in [9.17, 15) is 36.1 Å². The van der Waals surface area contributed by atoms with E-state index < -0.39 is 43.1 Å². The van der Waals surface area contributed by atoms with Crippen LogP contribution in [0.25, 0.3) is 0 Å². The lowest BCUT2D eigenvalue weighted by Gasteiger charge is -2.35. The zero-order valence-electron chi connectivity index (χ0n) is 14.8. The van der Waals surface area contributed by atoms with Crippen LogP contribution in [0, 0.1) is 15.9 Å². The first kappa shape index (κ1) is 21.0. The van der Waals surface area contributed by atoms with E-state index in [1.54, 1.807) is 0 Å². The number of alkyl halides is 3. The lowest BCUT2D eigenvalue weighted by atomic mass is 10.2. The zero-order valence-corrected chi connectivity index (χ0v) is 15.6. The van der Waals surface area contributed by atoms with Crippen LogP contribution in [0.3, 0.4) is 0 Å². The van der Waals surface area contributed by atoms with Gasteiger partial charge in [-0.2, -0.15) is 17.5 Å². The maximum absolute atomic E-state index is 13.3. The first-order valence-electron chi connectivity index (χ1n) is 8.36. The summed E-state index contributed by atoms with van der Waals surface area (Å²) in [6, 6.07) is 6.55. The molecule has 2 aromatic carbocycles. The monoisotopic (exact) mass is 433 g/mol. The van der Waals surface area contributed by atoms with E-state index in [0.29, 0.717) is 6.07 Å². The number of benzene rings is 2. The lowest BCUT2D eigenvalue weighted by Crippen LogP contribution is -2.48. The molecular formula is C17H15F4N3O4S. The van der Waals surface area contributed by atoms with Gasteiger partial charge in [0.05, 0.1) is 21.4 Å². The number of hydrogen-bond donors (Lipinski definition) is 0. The third-order valence-electron chi connectivity index (χ3n) is 4.51. The second-order valence-electron chi connectivity index (χ2n) is 6.31. The maximum atomic E-state index is 13.3. The molecule has 0 aliphatic carbocycles. The molecule has 1 saturated heterocycles. The Balaban J connectivity index is 1.80. The van der Waals surface area contributed by atoms with Crippen molar-refractivity contribution in [2.24, 2.45) is 0 Å². The number of anilines is 1. The first-order valence-corrected chi connectivity index (χ1v) is 9.80. The molecule has 2 aromatic rings. The Bertz CT molecular complexity index is 1040. The molecule has 1 heterocycles. The molecule has 0 amide bonds. The number of hydrogen-bond acceptors (Lipinski definition) is 5. The predicted octanol–water partition coefficient (Wildman–Crippen LogP) is 3.26. The zero-order chi connectivity index (χ0) is 21.4. The van der Waals surface area contributed by atoms with Crippen molar-refractivity contribution < 1.29 is 30.9 Å². The molecule has 0 radical (unpaired) electrons. The molecule has 1 aliphatic heterocycles. The summed E-state index contributed by atoms with van der Waals surface area (Å²) in [6.45, 7) is -0.0600. The van der Waals surface area contributed by atoms with Crippen LogP contribution in [0.15, 0.2) is 47.4 Å². The molecule has 1 aliphatic rings. The van der Waals surface area contributed by atoms with Crippen molar-refractivity contribution in [3.05, 3.63) is 64.0 Å². The van der Waals surface area contributed by atoms with Gasteiger partial charge in [0.1, 0.15) is 11.5 Å². The molecule has 3 rings (SSSR count). The molecule has 0 N–H and O–H groups in total. The van der Waals surface area contributed by atoms with Gasteiger partial charge in [-0.3, -0.25) is 10.1 Å². The number of piperazine rings is 1. The highest BCUT2D eigenvalue weighted by atomic mass is 32.2. The van der Waals surface area contributed by atoms with Gasteiger partial charge in [0.15, 0.2) is 0 Å². The van der Waals surface area contributed by atoms with Gasteiger partial charge < -0.3 is 4.90 Å². The first-order chi connectivity index (χ1) is 13.5. The van der Waals surface area contributed by atoms with Crippen molar-refractivity contribution >= 4 is 21.4 Å². The molecule has 0 atom stereocenters. The molecule has 0 bridgehead atoms. The van der Waals surface area contributed by atoms with Gasteiger partial charge in [-0.25, -0.2) is 12.8 Å². The summed E-state index contributed by atoms with van der Waals surface area (Å²) in [5.74, 6) is -0.772. The van der Waals surface area contributed by atoms with Crippen molar-refractivity contribution in [1.29, 1.82) is 0 Å². The van der Waals surface area contributed by atoms with E-state index in [-0.39, 0.29) is 31.9 Å². The Hall–Kier alpha value is -2.73. The summed E-state index contributed by atoms with van der Waals surface area (Å²) in [5.41, 5.74) is -1.37. The SMILES string of the molecule is O=[N+]([O-])c1cc(F)ccc1N1CCN(S(=O)(=O)c2cccc(C(F)(F)F)c2)CC1. The number of sulfonamides is 1. The van der Waals surface area contributed by atoms with Gasteiger partial charge in [0.25, 0.3) is 5.69 Å². The molecule has 29 heavy (non-hydrogen) atoms. The quantitative estimate of drug-likeness (QED) is 0.420. The number of nitro benzene ring substituents is 1. The van der Waals surface area contributed by atoms with Crippen LogP contribution in [-0.2, 0) is 16.2 Å². The van der Waals surface area contributed by atoms with Crippen LogP contribution in [0.2, 0.25) is 0 Å². The van der Waals surface area contributed by atoms with Crippen LogP contribution < -0.4 is 4.90 Å². The number of nitrogens with zero attached hydrogens (tertiary/aromatic N) is 3. The fourth-order valence-electron chi connectivity index (χ4n) is 3.06. The standard InChI is InChI=1S/C17H15F4N3O4S/c18-13-4-5-15(16(11-13)24(25)26)22-6-8-23(9-7-22)29(27,28)14-3-1-2-12(10-14)17(19,20)21/h1-5,10-11H,6-9H2. The van der Waals surface area contributed by atoms with Gasteiger partial charge in [-0.05, 0) is 30.3 Å². The van der Waals surface area contributed by atoms with Crippen LogP contribution >= 0.6 is 0 Å². The Morgan fingerprint density at radius 2 is 1.66 bits per heavy atom. The Kier molecular flexibility index (Phi) is 5.50. The van der Waals surface area contributed by atoms with Crippen LogP contribution in [0.4, 0.5) is 28.9 Å². The molecule has 1 fully saturated rings. The third-order valence-corrected chi connectivity index (χ3v) is 6.41. The second-order valence-corrected chi connectivity index (χ2v) is 8.24. The van der Waals surface area contributed by atoms with Crippen LogP contribution in [-0.4, -0.2) is 43.8 Å². The van der Waals surface area contributed by atoms with Crippen molar-refractivity contribution in [1.82, 2.24) is 4.31 Å². The minimum atomic E-state index is -4.67. The van der Waals surface area contributed by atoms with E-state index in [4.69, 9.17) is 0 Å². The summed E-state index contributed by atoms with van der Waals surface area (Å²) in [7, 11) is -4.17. The Morgan fingerprint density at radius 3 is 2.24 bits per heavy atom. The molecule has 0 unspecified atom stereocenters. The predicted molar refractivity (Wildman–Crippen MR) is 95.5 cm³/mol. The highest BCUT2D eigenvalue weighted by Crippen LogP contribution is 2.32. The van der Waals surface area contributed by atoms with E-state index in [1.807, 2.05) is 0 Å². The van der Waals surface area contributed by atoms with Crippen molar-refractivity contribution in [3.8, 4) is 0 Å². The highest BCUT2D eigenvalue weighted by Gasteiger charge is 2.34. The smallest absolute Gasteiger partial charge is 0.363 e. The Morgan fingerprint density at radius 1 is 1.00 bits per heavy atom. The van der Waals surface area contributed by atoms with Gasteiger partial charge >= 0.3 is 6.18 Å². The third kappa shape index (κ3) is 4.32. The van der Waals surface area contributed by atoms with E-state index in [2.05, 4.69) is 0 Å². The topological polar surface area (TPSA) is 83.8 Å². The summed E-state index contributed by atoms with van der Waals surface area (Å²) in [5, 5.41) is 11.2. The van der Waals surface area contributed by atoms with Crippen molar-refractivity contribution in [2.45, 2.75) is 11.1 Å². The number of nitro groups is 1. The van der Waals surface area contributed by atoms with Gasteiger partial charge in [-0.15, -0.1) is 0 Å². The van der Waals surface area contributed by atoms with Crippen molar-refractivity contribution in [2.75, 3.05) is 31.1 Å². The minimum Gasteiger partial charge on any atom is -0.363 e. The molecule has 0 spiro atoms. The summed E-state index contributed by atoms with van der Waals surface area (Å²) >= 11 is 0. The van der Waals surface area contributed by atoms with E-state index in [1.165, 1.54) is 11.0 Å². The molecule has 7 nitrogen and oxygen atoms in total. The maximum Gasteiger partial charge on any atom is 0.416 e. The number of halogens is 4. The Labute approximate surface area is 163 Å². The average molecular weight is 433 g/mol. The minimum absolute atomic E-state index is 0.0602. The summed E-state index contributed by atoms with van der Waals surface area (Å²) in [6.07, 6.45) is -4.67. The summed E-state index contributed by atoms with van der Waals surface area (Å²) in [4.78, 5) is 11.5. The lowest BCUT2D eigenvalue weighted by molar-refractivity contribution is -0.384. The normalized spacial score (nSPS) is 16.1.